The van der Waals surface area contributed by atoms with Gasteiger partial charge in [0.25, 0.3) is 5.92 Å². The summed E-state index contributed by atoms with van der Waals surface area (Å²) in [5.41, 5.74) is -1.65. The summed E-state index contributed by atoms with van der Waals surface area (Å²) in [6.45, 7) is -0.588. The van der Waals surface area contributed by atoms with Crippen LogP contribution in [0.2, 0.25) is 0 Å². The lowest BCUT2D eigenvalue weighted by Gasteiger charge is -2.33. The van der Waals surface area contributed by atoms with Crippen molar-refractivity contribution < 1.29 is 27.8 Å². The van der Waals surface area contributed by atoms with E-state index < -0.39 is 48.4 Å². The number of aromatic nitrogens is 3. The van der Waals surface area contributed by atoms with Crippen LogP contribution in [-0.2, 0) is 9.47 Å². The van der Waals surface area contributed by atoms with E-state index in [0.29, 0.717) is 0 Å². The van der Waals surface area contributed by atoms with Crippen molar-refractivity contribution in [2.24, 2.45) is 5.92 Å². The van der Waals surface area contributed by atoms with Gasteiger partial charge >= 0.3 is 12.0 Å². The highest BCUT2D eigenvalue weighted by Crippen LogP contribution is 2.68. The number of benzene rings is 1. The van der Waals surface area contributed by atoms with E-state index >= 15 is 0 Å². The molecule has 1 aromatic carbocycles. The number of carbonyl (C=O) groups is 2. The third-order valence-electron chi connectivity index (χ3n) is 5.66. The fourth-order valence-electron chi connectivity index (χ4n) is 3.96. The van der Waals surface area contributed by atoms with Crippen LogP contribution in [0.25, 0.3) is 0 Å². The van der Waals surface area contributed by atoms with Crippen LogP contribution in [0.5, 0.6) is 0 Å². The number of nitrogens with zero attached hydrogens (tertiary/aromatic N) is 4. The Morgan fingerprint density at radius 2 is 2.13 bits per heavy atom. The number of esters is 1. The van der Waals surface area contributed by atoms with E-state index in [9.17, 15) is 18.4 Å². The van der Waals surface area contributed by atoms with E-state index in [1.54, 1.807) is 24.3 Å². The summed E-state index contributed by atoms with van der Waals surface area (Å²) in [6.07, 6.45) is 4.41. The Bertz CT molecular complexity index is 1000. The number of hydrogen-bond donors (Lipinski definition) is 1. The zero-order valence-electron chi connectivity index (χ0n) is 15.5. The zero-order valence-corrected chi connectivity index (χ0v) is 15.5. The molecule has 3 heterocycles. The molecule has 2 amide bonds. The summed E-state index contributed by atoms with van der Waals surface area (Å²) in [7, 11) is 0. The first kappa shape index (κ1) is 18.7. The van der Waals surface area contributed by atoms with Crippen LogP contribution in [0.1, 0.15) is 22.9 Å². The number of amides is 2. The number of alkyl halides is 2. The molecule has 30 heavy (non-hydrogen) atoms. The van der Waals surface area contributed by atoms with Gasteiger partial charge in [0.2, 0.25) is 0 Å². The van der Waals surface area contributed by atoms with Crippen molar-refractivity contribution >= 4 is 12.0 Å². The first-order valence-electron chi connectivity index (χ1n) is 9.31. The van der Waals surface area contributed by atoms with Crippen molar-refractivity contribution in [3.05, 3.63) is 60.8 Å². The van der Waals surface area contributed by atoms with Gasteiger partial charge in [-0.3, -0.25) is 4.90 Å². The van der Waals surface area contributed by atoms with Crippen molar-refractivity contribution in [1.82, 2.24) is 25.0 Å². The van der Waals surface area contributed by atoms with Gasteiger partial charge in [-0.2, -0.15) is 5.10 Å². The van der Waals surface area contributed by atoms with Crippen LogP contribution in [-0.4, -0.2) is 56.0 Å². The number of fused-ring (bicyclic) bond motifs is 1. The minimum absolute atomic E-state index is 0.0678. The Balaban J connectivity index is 1.26. The van der Waals surface area contributed by atoms with Crippen LogP contribution in [0.3, 0.4) is 0 Å². The van der Waals surface area contributed by atoms with Crippen LogP contribution in [0, 0.1) is 5.92 Å². The smallest absolute Gasteiger partial charge is 0.338 e. The van der Waals surface area contributed by atoms with Crippen molar-refractivity contribution in [2.75, 3.05) is 6.61 Å². The van der Waals surface area contributed by atoms with Gasteiger partial charge in [0.15, 0.2) is 5.60 Å². The van der Waals surface area contributed by atoms with E-state index in [0.717, 1.165) is 0 Å². The molecule has 1 saturated heterocycles. The second-order valence-corrected chi connectivity index (χ2v) is 7.33. The summed E-state index contributed by atoms with van der Waals surface area (Å²) >= 11 is 0. The Labute approximate surface area is 169 Å². The molecule has 3 aliphatic rings. The highest BCUT2D eigenvalue weighted by Gasteiger charge is 2.87. The normalized spacial score (nSPS) is 31.2. The second-order valence-electron chi connectivity index (χ2n) is 7.33. The van der Waals surface area contributed by atoms with Gasteiger partial charge in [-0.1, -0.05) is 18.2 Å². The Kier molecular flexibility index (Phi) is 4.10. The van der Waals surface area contributed by atoms with Crippen molar-refractivity contribution in [1.29, 1.82) is 0 Å². The third-order valence-corrected chi connectivity index (χ3v) is 5.66. The molecule has 0 bridgehead atoms. The van der Waals surface area contributed by atoms with Crippen LogP contribution in [0.15, 0.2) is 55.3 Å². The van der Waals surface area contributed by atoms with Gasteiger partial charge in [0, 0.05) is 12.6 Å². The minimum atomic E-state index is -3.13. The molecule has 2 aliphatic heterocycles. The number of carbonyl (C=O) groups excluding carboxylic acids is 2. The Morgan fingerprint density at radius 3 is 2.83 bits per heavy atom. The van der Waals surface area contributed by atoms with E-state index in [2.05, 4.69) is 15.4 Å². The zero-order chi connectivity index (χ0) is 20.9. The lowest BCUT2D eigenvalue weighted by molar-refractivity contribution is -0.136. The van der Waals surface area contributed by atoms with Gasteiger partial charge in [-0.15, -0.1) is 0 Å². The first-order valence-corrected chi connectivity index (χ1v) is 9.31. The number of nitrogens with one attached hydrogen (secondary N) is 1. The molecule has 5 rings (SSSR count). The molecule has 4 atom stereocenters. The number of urea groups is 1. The average molecular weight is 417 g/mol. The predicted octanol–water partition coefficient (Wildman–Crippen LogP) is 1.92. The van der Waals surface area contributed by atoms with Gasteiger partial charge < -0.3 is 14.8 Å². The second kappa shape index (κ2) is 6.59. The maximum Gasteiger partial charge on any atom is 0.338 e. The molecule has 1 aromatic heterocycles. The fraction of sp³-hybridized carbons (Fsp3) is 0.368. The summed E-state index contributed by atoms with van der Waals surface area (Å²) in [6, 6.07) is 7.60. The number of hydrogen-bond acceptors (Lipinski definition) is 6. The van der Waals surface area contributed by atoms with Crippen LogP contribution < -0.4 is 5.32 Å². The van der Waals surface area contributed by atoms with Crippen LogP contribution >= 0.6 is 0 Å². The van der Waals surface area contributed by atoms with Gasteiger partial charge in [-0.05, 0) is 18.2 Å². The largest absolute Gasteiger partial charge is 0.459 e. The minimum Gasteiger partial charge on any atom is -0.459 e. The lowest BCUT2D eigenvalue weighted by atomic mass is 10.2. The molecule has 1 saturated carbocycles. The van der Waals surface area contributed by atoms with Gasteiger partial charge in [-0.25, -0.2) is 28.0 Å². The van der Waals surface area contributed by atoms with E-state index in [1.807, 2.05) is 0 Å². The van der Waals surface area contributed by atoms with Crippen molar-refractivity contribution in [3.63, 3.8) is 0 Å². The van der Waals surface area contributed by atoms with Gasteiger partial charge in [0.05, 0.1) is 11.5 Å². The topological polar surface area (TPSA) is 98.6 Å². The quantitative estimate of drug-likeness (QED) is 0.747. The number of rotatable bonds is 5. The molecule has 156 valence electrons. The predicted molar refractivity (Wildman–Crippen MR) is 96.0 cm³/mol. The molecule has 1 unspecified atom stereocenters. The third kappa shape index (κ3) is 2.76. The molecule has 0 radical (unpaired) electrons. The van der Waals surface area contributed by atoms with Crippen molar-refractivity contribution in [3.8, 4) is 0 Å². The van der Waals surface area contributed by atoms with E-state index in [-0.39, 0.29) is 12.0 Å². The average Bonchev–Trinajstić information content (AvgIpc) is 3.25. The SMILES string of the molecule is O=C(OC[C@@]12O[C@@H](N3C=CC(n4cncn4)NC3=O)C[C@@H]1C2(F)F)c1ccccc1. The first-order chi connectivity index (χ1) is 14.4. The number of halogens is 2. The standard InChI is InChI=1S/C19H17F2N5O4/c20-19(21)13-8-15(25-7-6-14(24-17(25)28)26-11-22-10-23-26)30-18(13,19)9-29-16(27)12-4-2-1-3-5-12/h1-7,10-11,13-15H,8-9H2,(H,24,28)/t13-,14?,15+,18+/m0/s1. The molecule has 0 spiro atoms. The molecule has 11 heteroatoms. The maximum atomic E-state index is 14.4. The highest BCUT2D eigenvalue weighted by atomic mass is 19.3. The Morgan fingerprint density at radius 1 is 1.33 bits per heavy atom. The monoisotopic (exact) mass is 417 g/mol. The number of ether oxygens (including phenoxy) is 2. The summed E-state index contributed by atoms with van der Waals surface area (Å²) in [5.74, 6) is -4.96. The maximum absolute atomic E-state index is 14.4. The van der Waals surface area contributed by atoms with Gasteiger partial charge in [0.1, 0.15) is 31.7 Å². The molecule has 9 nitrogen and oxygen atoms in total. The van der Waals surface area contributed by atoms with Crippen molar-refractivity contribution in [2.45, 2.75) is 30.3 Å². The van der Waals surface area contributed by atoms with E-state index in [1.165, 1.54) is 40.6 Å². The molecule has 2 fully saturated rings. The molecular formula is C19H17F2N5O4. The fourth-order valence-corrected chi connectivity index (χ4v) is 3.96. The molecular weight excluding hydrogens is 400 g/mol. The molecule has 2 aromatic rings. The summed E-state index contributed by atoms with van der Waals surface area (Å²) in [4.78, 5) is 29.6. The molecule has 1 aliphatic carbocycles. The Hall–Kier alpha value is -3.34. The molecule has 1 N–H and O–H groups in total. The van der Waals surface area contributed by atoms with Crippen LogP contribution in [0.4, 0.5) is 13.6 Å². The highest BCUT2D eigenvalue weighted by molar-refractivity contribution is 5.89. The van der Waals surface area contributed by atoms with E-state index in [4.69, 9.17) is 9.47 Å². The summed E-state index contributed by atoms with van der Waals surface area (Å²) in [5, 5.41) is 6.64. The summed E-state index contributed by atoms with van der Waals surface area (Å²) < 4.78 is 40.9. The lowest BCUT2D eigenvalue weighted by Crippen LogP contribution is -2.50.